The van der Waals surface area contributed by atoms with Gasteiger partial charge >= 0.3 is 0 Å². The molecule has 0 bridgehead atoms. The summed E-state index contributed by atoms with van der Waals surface area (Å²) < 4.78 is 6.07. The molecule has 0 spiro atoms. The molecular weight excluding hydrogens is 285 g/mol. The Morgan fingerprint density at radius 3 is 2.32 bits per heavy atom. The van der Waals surface area contributed by atoms with Gasteiger partial charge in [-0.15, -0.1) is 11.6 Å². The van der Waals surface area contributed by atoms with Crippen molar-refractivity contribution in [1.82, 2.24) is 9.97 Å². The van der Waals surface area contributed by atoms with Crippen LogP contribution in [0.25, 0.3) is 0 Å². The molecule has 1 aromatic heterocycles. The molecule has 0 aromatic carbocycles. The molecule has 1 aliphatic rings. The minimum Gasteiger partial charge on any atom is -0.366 e. The number of halogens is 2. The molecule has 106 valence electrons. The zero-order valence-corrected chi connectivity index (χ0v) is 13.2. The third-order valence-corrected chi connectivity index (χ3v) is 3.59. The van der Waals surface area contributed by atoms with Crippen LogP contribution in [0, 0.1) is 0 Å². The van der Waals surface area contributed by atoms with Gasteiger partial charge in [-0.1, -0.05) is 11.6 Å². The lowest BCUT2D eigenvalue weighted by Crippen LogP contribution is -2.57. The number of anilines is 1. The van der Waals surface area contributed by atoms with Crippen LogP contribution < -0.4 is 4.90 Å². The number of ether oxygens (including phenoxy) is 1. The van der Waals surface area contributed by atoms with Crippen LogP contribution in [0.1, 0.15) is 33.3 Å². The van der Waals surface area contributed by atoms with Gasteiger partial charge in [0.25, 0.3) is 0 Å². The molecule has 1 aromatic rings. The third-order valence-electron chi connectivity index (χ3n) is 3.00. The second-order valence-corrected chi connectivity index (χ2v) is 6.70. The van der Waals surface area contributed by atoms with Crippen molar-refractivity contribution >= 4 is 29.0 Å². The van der Waals surface area contributed by atoms with E-state index in [1.54, 1.807) is 0 Å². The first-order chi connectivity index (χ1) is 8.74. The lowest BCUT2D eigenvalue weighted by molar-refractivity contribution is -0.133. The highest BCUT2D eigenvalue weighted by Gasteiger charge is 2.39. The highest BCUT2D eigenvalue weighted by molar-refractivity contribution is 6.31. The number of nitrogens with zero attached hydrogens (tertiary/aromatic N) is 3. The average Bonchev–Trinajstić information content (AvgIpc) is 2.24. The molecule has 1 saturated heterocycles. The highest BCUT2D eigenvalue weighted by Crippen LogP contribution is 2.33. The molecule has 4 nitrogen and oxygen atoms in total. The summed E-state index contributed by atoms with van der Waals surface area (Å²) in [4.78, 5) is 10.5. The Morgan fingerprint density at radius 2 is 1.79 bits per heavy atom. The summed E-state index contributed by atoms with van der Waals surface area (Å²) in [6.45, 7) is 9.78. The fourth-order valence-electron chi connectivity index (χ4n) is 2.71. The van der Waals surface area contributed by atoms with E-state index in [0.29, 0.717) is 11.0 Å². The summed E-state index contributed by atoms with van der Waals surface area (Å²) >= 11 is 12.1. The summed E-state index contributed by atoms with van der Waals surface area (Å²) in [6, 6.07) is 0. The molecule has 2 rings (SSSR count). The molecule has 2 heterocycles. The zero-order valence-electron chi connectivity index (χ0n) is 11.7. The predicted octanol–water partition coefficient (Wildman–Crippen LogP) is 3.26. The van der Waals surface area contributed by atoms with Gasteiger partial charge in [-0.05, 0) is 27.7 Å². The van der Waals surface area contributed by atoms with Gasteiger partial charge in [0.15, 0.2) is 0 Å². The summed E-state index contributed by atoms with van der Waals surface area (Å²) in [5.74, 6) is 1.10. The monoisotopic (exact) mass is 303 g/mol. The molecule has 0 N–H and O–H groups in total. The quantitative estimate of drug-likeness (QED) is 0.621. The zero-order chi connectivity index (χ0) is 14.3. The smallest absolute Gasteiger partial charge is 0.138 e. The first kappa shape index (κ1) is 14.8. The fourth-order valence-corrected chi connectivity index (χ4v) is 3.22. The van der Waals surface area contributed by atoms with Gasteiger partial charge in [0, 0.05) is 18.7 Å². The molecule has 0 saturated carbocycles. The molecule has 1 aliphatic heterocycles. The van der Waals surface area contributed by atoms with E-state index in [4.69, 9.17) is 27.9 Å². The molecule has 0 atom stereocenters. The van der Waals surface area contributed by atoms with Crippen molar-refractivity contribution in [3.63, 3.8) is 0 Å². The van der Waals surface area contributed by atoms with E-state index in [0.717, 1.165) is 24.5 Å². The average molecular weight is 304 g/mol. The minimum absolute atomic E-state index is 0.247. The van der Waals surface area contributed by atoms with Gasteiger partial charge in [0.05, 0.1) is 17.1 Å². The highest BCUT2D eigenvalue weighted by atomic mass is 35.5. The molecule has 0 unspecified atom stereocenters. The number of hydrogen-bond acceptors (Lipinski definition) is 4. The number of hydrogen-bond donors (Lipinski definition) is 0. The fraction of sp³-hybridized carbons (Fsp3) is 0.692. The van der Waals surface area contributed by atoms with Crippen molar-refractivity contribution in [3.8, 4) is 0 Å². The topological polar surface area (TPSA) is 38.2 Å². The van der Waals surface area contributed by atoms with Gasteiger partial charge in [0.2, 0.25) is 0 Å². The minimum atomic E-state index is -0.247. The second kappa shape index (κ2) is 5.08. The van der Waals surface area contributed by atoms with Crippen molar-refractivity contribution in [2.45, 2.75) is 44.8 Å². The van der Waals surface area contributed by atoms with Crippen molar-refractivity contribution < 1.29 is 4.74 Å². The van der Waals surface area contributed by atoms with Crippen LogP contribution in [0.5, 0.6) is 0 Å². The standard InChI is InChI=1S/C13H19Cl2N3O/c1-12(2)6-18(7-13(3,4)19-12)11-9(5-14)10(15)16-8-17-11/h8H,5-7H2,1-4H3. The second-order valence-electron chi connectivity index (χ2n) is 6.08. The van der Waals surface area contributed by atoms with Crippen LogP contribution in [0.15, 0.2) is 6.33 Å². The van der Waals surface area contributed by atoms with Crippen molar-refractivity contribution in [1.29, 1.82) is 0 Å². The van der Waals surface area contributed by atoms with E-state index in [1.165, 1.54) is 6.33 Å². The van der Waals surface area contributed by atoms with Crippen LogP contribution in [0.3, 0.4) is 0 Å². The van der Waals surface area contributed by atoms with Crippen LogP contribution in [0.2, 0.25) is 5.15 Å². The van der Waals surface area contributed by atoms with E-state index in [2.05, 4.69) is 42.6 Å². The summed E-state index contributed by atoms with van der Waals surface area (Å²) in [7, 11) is 0. The number of morpholine rings is 1. The first-order valence-corrected chi connectivity index (χ1v) is 7.16. The normalized spacial score (nSPS) is 21.5. The van der Waals surface area contributed by atoms with E-state index in [1.807, 2.05) is 0 Å². The van der Waals surface area contributed by atoms with Gasteiger partial charge < -0.3 is 9.64 Å². The van der Waals surface area contributed by atoms with E-state index >= 15 is 0 Å². The molecule has 0 aliphatic carbocycles. The van der Waals surface area contributed by atoms with Gasteiger partial charge in [-0.3, -0.25) is 0 Å². The Balaban J connectivity index is 2.39. The van der Waals surface area contributed by atoms with Crippen molar-refractivity contribution in [2.75, 3.05) is 18.0 Å². The summed E-state index contributed by atoms with van der Waals surface area (Å²) in [5.41, 5.74) is 0.283. The lowest BCUT2D eigenvalue weighted by Gasteiger charge is -2.47. The molecular formula is C13H19Cl2N3O. The molecule has 6 heteroatoms. The lowest BCUT2D eigenvalue weighted by atomic mass is 9.98. The predicted molar refractivity (Wildman–Crippen MR) is 78.1 cm³/mol. The van der Waals surface area contributed by atoms with Crippen molar-refractivity contribution in [3.05, 3.63) is 17.0 Å². The Morgan fingerprint density at radius 1 is 1.21 bits per heavy atom. The van der Waals surface area contributed by atoms with E-state index in [9.17, 15) is 0 Å². The molecule has 19 heavy (non-hydrogen) atoms. The van der Waals surface area contributed by atoms with Crippen LogP contribution >= 0.6 is 23.2 Å². The maximum absolute atomic E-state index is 6.10. The van der Waals surface area contributed by atoms with Gasteiger partial charge in [0.1, 0.15) is 17.3 Å². The molecule has 1 fully saturated rings. The summed E-state index contributed by atoms with van der Waals surface area (Å²) in [6.07, 6.45) is 1.48. The Bertz CT molecular complexity index is 461. The van der Waals surface area contributed by atoms with Crippen molar-refractivity contribution in [2.24, 2.45) is 0 Å². The molecule has 0 amide bonds. The Hall–Kier alpha value is -0.580. The largest absolute Gasteiger partial charge is 0.366 e. The van der Waals surface area contributed by atoms with Crippen LogP contribution in [-0.2, 0) is 10.6 Å². The number of alkyl halides is 1. The van der Waals surface area contributed by atoms with Gasteiger partial charge in [-0.2, -0.15) is 0 Å². The van der Waals surface area contributed by atoms with Gasteiger partial charge in [-0.25, -0.2) is 9.97 Å². The number of rotatable bonds is 2. The number of aromatic nitrogens is 2. The maximum Gasteiger partial charge on any atom is 0.138 e. The van der Waals surface area contributed by atoms with E-state index < -0.39 is 0 Å². The maximum atomic E-state index is 6.10. The Labute approximate surface area is 124 Å². The Kier molecular flexibility index (Phi) is 3.96. The summed E-state index contributed by atoms with van der Waals surface area (Å²) in [5, 5.41) is 0.419. The SMILES string of the molecule is CC1(C)CN(c2ncnc(Cl)c2CCl)CC(C)(C)O1. The van der Waals surface area contributed by atoms with Crippen LogP contribution in [0.4, 0.5) is 5.82 Å². The third kappa shape index (κ3) is 3.30. The molecule has 0 radical (unpaired) electrons. The first-order valence-electron chi connectivity index (χ1n) is 6.24. The van der Waals surface area contributed by atoms with Crippen LogP contribution in [-0.4, -0.2) is 34.3 Å². The van der Waals surface area contributed by atoms with E-state index in [-0.39, 0.29) is 11.2 Å².